The van der Waals surface area contributed by atoms with Crippen LogP contribution in [0, 0.1) is 5.82 Å². The molecule has 21 heavy (non-hydrogen) atoms. The van der Waals surface area contributed by atoms with Gasteiger partial charge in [-0.05, 0) is 29.8 Å². The summed E-state index contributed by atoms with van der Waals surface area (Å²) in [5, 5.41) is 0.301. The van der Waals surface area contributed by atoms with Crippen LogP contribution < -0.4 is 9.47 Å². The maximum absolute atomic E-state index is 13.7. The molecule has 3 rings (SSSR count). The molecule has 0 saturated heterocycles. The Morgan fingerprint density at radius 3 is 2.76 bits per heavy atom. The molecular weight excluding hydrogens is 295 g/mol. The van der Waals surface area contributed by atoms with Crippen molar-refractivity contribution < 1.29 is 18.7 Å². The van der Waals surface area contributed by atoms with Crippen LogP contribution in [0.1, 0.15) is 5.56 Å². The van der Waals surface area contributed by atoms with Gasteiger partial charge in [-0.1, -0.05) is 29.8 Å². The molecule has 3 nitrogen and oxygen atoms in total. The molecular formula is C16H12ClFO3. The van der Waals surface area contributed by atoms with Crippen LogP contribution in [0.25, 0.3) is 0 Å². The van der Waals surface area contributed by atoms with Gasteiger partial charge in [0.1, 0.15) is 12.4 Å². The molecule has 1 atom stereocenters. The van der Waals surface area contributed by atoms with Crippen molar-refractivity contribution in [2.24, 2.45) is 0 Å². The Bertz CT molecular complexity index is 687. The molecule has 0 spiro atoms. The van der Waals surface area contributed by atoms with Gasteiger partial charge < -0.3 is 9.47 Å². The normalized spacial score (nSPS) is 16.6. The van der Waals surface area contributed by atoms with E-state index in [4.69, 9.17) is 21.1 Å². The quantitative estimate of drug-likeness (QED) is 0.871. The second-order valence-corrected chi connectivity index (χ2v) is 5.18. The summed E-state index contributed by atoms with van der Waals surface area (Å²) in [7, 11) is 0. The highest BCUT2D eigenvalue weighted by molar-refractivity contribution is 6.30. The molecule has 2 aromatic rings. The number of carbonyl (C=O) groups excluding carboxylic acids is 1. The number of ketones is 1. The molecule has 1 aliphatic heterocycles. The second-order valence-electron chi connectivity index (χ2n) is 4.74. The molecule has 108 valence electrons. The molecule has 0 saturated carbocycles. The topological polar surface area (TPSA) is 35.5 Å². The van der Waals surface area contributed by atoms with Crippen molar-refractivity contribution in [1.29, 1.82) is 0 Å². The smallest absolute Gasteiger partial charge is 0.191 e. The van der Waals surface area contributed by atoms with E-state index in [1.165, 1.54) is 12.1 Å². The van der Waals surface area contributed by atoms with Crippen molar-refractivity contribution in [2.45, 2.75) is 12.5 Å². The van der Waals surface area contributed by atoms with Gasteiger partial charge >= 0.3 is 0 Å². The Morgan fingerprint density at radius 2 is 2.00 bits per heavy atom. The summed E-state index contributed by atoms with van der Waals surface area (Å²) in [5.74, 6) is 0.414. The fraction of sp³-hybridized carbons (Fsp3) is 0.188. The fourth-order valence-corrected chi connectivity index (χ4v) is 2.30. The Kier molecular flexibility index (Phi) is 3.80. The number of benzene rings is 2. The summed E-state index contributed by atoms with van der Waals surface area (Å²) in [6.07, 6.45) is -0.783. The predicted molar refractivity (Wildman–Crippen MR) is 76.5 cm³/mol. The summed E-state index contributed by atoms with van der Waals surface area (Å²) in [5.41, 5.74) is 0.298. The summed E-state index contributed by atoms with van der Waals surface area (Å²) in [6, 6.07) is 11.4. The average Bonchev–Trinajstić information content (AvgIpc) is 2.49. The largest absolute Gasteiger partial charge is 0.485 e. The molecule has 0 fully saturated rings. The van der Waals surface area contributed by atoms with Crippen molar-refractivity contribution in [2.75, 3.05) is 6.61 Å². The first kappa shape index (κ1) is 13.9. The third kappa shape index (κ3) is 3.00. The van der Waals surface area contributed by atoms with Crippen LogP contribution in [0.2, 0.25) is 5.02 Å². The molecule has 1 heterocycles. The SMILES string of the molecule is O=C(Cc1ccc(Cl)cc1F)C1COc2ccccc2O1. The van der Waals surface area contributed by atoms with Crippen LogP contribution in [-0.4, -0.2) is 18.5 Å². The summed E-state index contributed by atoms with van der Waals surface area (Å²) < 4.78 is 24.8. The zero-order valence-corrected chi connectivity index (χ0v) is 11.8. The van der Waals surface area contributed by atoms with E-state index in [9.17, 15) is 9.18 Å². The number of rotatable bonds is 3. The maximum Gasteiger partial charge on any atom is 0.191 e. The van der Waals surface area contributed by atoms with Crippen LogP contribution in [0.15, 0.2) is 42.5 Å². The van der Waals surface area contributed by atoms with Crippen LogP contribution >= 0.6 is 11.6 Å². The lowest BCUT2D eigenvalue weighted by Gasteiger charge is -2.25. The monoisotopic (exact) mass is 306 g/mol. The van der Waals surface area contributed by atoms with Crippen molar-refractivity contribution in [3.05, 3.63) is 58.9 Å². The van der Waals surface area contributed by atoms with Gasteiger partial charge in [0.25, 0.3) is 0 Å². The summed E-state index contributed by atoms with van der Waals surface area (Å²) in [6.45, 7) is 0.130. The Morgan fingerprint density at radius 1 is 1.24 bits per heavy atom. The lowest BCUT2D eigenvalue weighted by atomic mass is 10.0. The first-order valence-electron chi connectivity index (χ1n) is 6.48. The van der Waals surface area contributed by atoms with Crippen molar-refractivity contribution in [3.8, 4) is 11.5 Å². The van der Waals surface area contributed by atoms with Gasteiger partial charge in [0.05, 0.1) is 0 Å². The zero-order chi connectivity index (χ0) is 14.8. The Labute approximate surface area is 126 Å². The highest BCUT2D eigenvalue weighted by atomic mass is 35.5. The van der Waals surface area contributed by atoms with Crippen molar-refractivity contribution >= 4 is 17.4 Å². The van der Waals surface area contributed by atoms with E-state index in [0.29, 0.717) is 22.1 Å². The minimum Gasteiger partial charge on any atom is -0.485 e. The zero-order valence-electron chi connectivity index (χ0n) is 11.0. The number of ether oxygens (including phenoxy) is 2. The van der Waals surface area contributed by atoms with Gasteiger partial charge in [-0.25, -0.2) is 4.39 Å². The van der Waals surface area contributed by atoms with Gasteiger partial charge in [-0.15, -0.1) is 0 Å². The molecule has 0 aromatic heterocycles. The average molecular weight is 307 g/mol. The number of carbonyl (C=O) groups is 1. The van der Waals surface area contributed by atoms with E-state index in [1.807, 2.05) is 6.07 Å². The summed E-state index contributed by atoms with van der Waals surface area (Å²) in [4.78, 5) is 12.2. The van der Waals surface area contributed by atoms with Gasteiger partial charge in [-0.2, -0.15) is 0 Å². The van der Waals surface area contributed by atoms with Crippen molar-refractivity contribution in [1.82, 2.24) is 0 Å². The molecule has 5 heteroatoms. The highest BCUT2D eigenvalue weighted by Crippen LogP contribution is 2.31. The van der Waals surface area contributed by atoms with E-state index in [2.05, 4.69) is 0 Å². The molecule has 1 unspecified atom stereocenters. The van der Waals surface area contributed by atoms with Crippen LogP contribution in [0.3, 0.4) is 0 Å². The Hall–Kier alpha value is -2.07. The fourth-order valence-electron chi connectivity index (χ4n) is 2.14. The standard InChI is InChI=1S/C16H12ClFO3/c17-11-6-5-10(12(18)8-11)7-13(19)16-9-20-14-3-1-2-4-15(14)21-16/h1-6,8,16H,7,9H2. The number of para-hydroxylation sites is 2. The van der Waals surface area contributed by atoms with Gasteiger partial charge in [0.2, 0.25) is 0 Å². The summed E-state index contributed by atoms with van der Waals surface area (Å²) >= 11 is 5.69. The van der Waals surface area contributed by atoms with E-state index in [0.717, 1.165) is 0 Å². The van der Waals surface area contributed by atoms with E-state index in [-0.39, 0.29) is 18.8 Å². The molecule has 2 aromatic carbocycles. The lowest BCUT2D eigenvalue weighted by molar-refractivity contribution is -0.127. The first-order valence-corrected chi connectivity index (χ1v) is 6.86. The van der Waals surface area contributed by atoms with E-state index in [1.54, 1.807) is 24.3 Å². The first-order chi connectivity index (χ1) is 10.1. The minimum atomic E-state index is -0.727. The highest BCUT2D eigenvalue weighted by Gasteiger charge is 2.27. The van der Waals surface area contributed by atoms with Crippen LogP contribution in [-0.2, 0) is 11.2 Å². The molecule has 0 aliphatic carbocycles. The number of halogens is 2. The molecule has 0 radical (unpaired) electrons. The van der Waals surface area contributed by atoms with E-state index >= 15 is 0 Å². The number of hydrogen-bond acceptors (Lipinski definition) is 3. The molecule has 0 amide bonds. The molecule has 0 N–H and O–H groups in total. The van der Waals surface area contributed by atoms with Crippen molar-refractivity contribution in [3.63, 3.8) is 0 Å². The van der Waals surface area contributed by atoms with Gasteiger partial charge in [0.15, 0.2) is 23.4 Å². The van der Waals surface area contributed by atoms with Crippen LogP contribution in [0.5, 0.6) is 11.5 Å². The maximum atomic E-state index is 13.7. The van der Waals surface area contributed by atoms with E-state index < -0.39 is 11.9 Å². The number of fused-ring (bicyclic) bond motifs is 1. The molecule has 1 aliphatic rings. The lowest BCUT2D eigenvalue weighted by Crippen LogP contribution is -2.37. The van der Waals surface area contributed by atoms with Gasteiger partial charge in [-0.3, -0.25) is 4.79 Å². The van der Waals surface area contributed by atoms with Crippen LogP contribution in [0.4, 0.5) is 4.39 Å². The second kappa shape index (κ2) is 5.74. The Balaban J connectivity index is 1.72. The molecule has 0 bridgehead atoms. The number of Topliss-reactive ketones (excluding diaryl/α,β-unsaturated/α-hetero) is 1. The van der Waals surface area contributed by atoms with Gasteiger partial charge in [0, 0.05) is 11.4 Å². The number of hydrogen-bond donors (Lipinski definition) is 0. The third-order valence-electron chi connectivity index (χ3n) is 3.25. The predicted octanol–water partition coefficient (Wildman–Crippen LogP) is 3.43. The third-order valence-corrected chi connectivity index (χ3v) is 3.48. The minimum absolute atomic E-state index is 0.0564.